The first kappa shape index (κ1) is 22.5. The van der Waals surface area contributed by atoms with Crippen molar-refractivity contribution in [3.8, 4) is 5.69 Å². The average Bonchev–Trinajstić information content (AvgIpc) is 3.20. The molecule has 4 rings (SSSR count). The molecule has 164 valence electrons. The van der Waals surface area contributed by atoms with E-state index in [9.17, 15) is 9.59 Å². The van der Waals surface area contributed by atoms with Gasteiger partial charge in [0, 0.05) is 30.3 Å². The molecule has 1 amide bonds. The van der Waals surface area contributed by atoms with Crippen LogP contribution in [0.15, 0.2) is 57.8 Å². The van der Waals surface area contributed by atoms with Gasteiger partial charge in [-0.25, -0.2) is 9.97 Å². The summed E-state index contributed by atoms with van der Waals surface area (Å²) in [7, 11) is 3.46. The second-order valence-corrected chi connectivity index (χ2v) is 9.84. The maximum absolute atomic E-state index is 13.4. The summed E-state index contributed by atoms with van der Waals surface area (Å²) in [4.78, 5) is 36.2. The molecule has 2 aromatic heterocycles. The van der Waals surface area contributed by atoms with Crippen molar-refractivity contribution in [1.82, 2.24) is 19.4 Å². The van der Waals surface area contributed by atoms with Crippen molar-refractivity contribution >= 4 is 51.5 Å². The van der Waals surface area contributed by atoms with Crippen molar-refractivity contribution in [2.24, 2.45) is 0 Å². The van der Waals surface area contributed by atoms with Crippen LogP contribution in [0.25, 0.3) is 16.6 Å². The molecule has 2 heterocycles. The highest BCUT2D eigenvalue weighted by Crippen LogP contribution is 2.26. The van der Waals surface area contributed by atoms with Crippen LogP contribution in [0.5, 0.6) is 0 Å². The number of hydrogen-bond acceptors (Lipinski definition) is 6. The summed E-state index contributed by atoms with van der Waals surface area (Å²) in [6.07, 6.45) is 0.281. The third-order valence-corrected chi connectivity index (χ3v) is 6.95. The summed E-state index contributed by atoms with van der Waals surface area (Å²) in [6.45, 7) is 2.00. The number of amides is 1. The summed E-state index contributed by atoms with van der Waals surface area (Å²) >= 11 is 9.03. The van der Waals surface area contributed by atoms with Gasteiger partial charge < -0.3 is 4.90 Å². The van der Waals surface area contributed by atoms with E-state index in [1.165, 1.54) is 23.1 Å². The molecule has 4 aromatic rings. The molecule has 0 unspecified atom stereocenters. The predicted molar refractivity (Wildman–Crippen MR) is 131 cm³/mol. The van der Waals surface area contributed by atoms with Gasteiger partial charge in [0.15, 0.2) is 5.16 Å². The lowest BCUT2D eigenvalue weighted by Crippen LogP contribution is -2.23. The molecule has 0 N–H and O–H groups in total. The summed E-state index contributed by atoms with van der Waals surface area (Å²) in [6, 6.07) is 12.9. The molecule has 0 aliphatic carbocycles. The third kappa shape index (κ3) is 4.87. The lowest BCUT2D eigenvalue weighted by atomic mass is 10.2. The Hall–Kier alpha value is -2.68. The molecule has 0 saturated heterocycles. The molecule has 9 heteroatoms. The number of aromatic nitrogens is 3. The number of hydrogen-bond donors (Lipinski definition) is 0. The zero-order valence-electron chi connectivity index (χ0n) is 17.8. The monoisotopic (exact) mass is 484 g/mol. The van der Waals surface area contributed by atoms with Crippen LogP contribution in [-0.4, -0.2) is 39.4 Å². The average molecular weight is 485 g/mol. The van der Waals surface area contributed by atoms with Crippen molar-refractivity contribution < 1.29 is 4.79 Å². The number of likely N-dealkylation sites (N-methyl/N-ethyl adjacent to an activating group) is 1. The summed E-state index contributed by atoms with van der Waals surface area (Å²) in [5, 5.41) is 4.32. The van der Waals surface area contributed by atoms with Gasteiger partial charge >= 0.3 is 0 Å². The van der Waals surface area contributed by atoms with Crippen LogP contribution < -0.4 is 5.56 Å². The van der Waals surface area contributed by atoms with Gasteiger partial charge in [-0.3, -0.25) is 14.2 Å². The number of aryl methyl sites for hydroxylation is 1. The van der Waals surface area contributed by atoms with Gasteiger partial charge in [0.2, 0.25) is 5.91 Å². The van der Waals surface area contributed by atoms with Gasteiger partial charge in [0.1, 0.15) is 5.01 Å². The first-order valence-corrected chi connectivity index (χ1v) is 12.1. The van der Waals surface area contributed by atoms with Gasteiger partial charge in [0.25, 0.3) is 5.56 Å². The van der Waals surface area contributed by atoms with Gasteiger partial charge in [-0.2, -0.15) is 0 Å². The van der Waals surface area contributed by atoms with Crippen LogP contribution in [0, 0.1) is 6.92 Å². The molecule has 0 aliphatic heterocycles. The third-order valence-electron chi connectivity index (χ3n) is 4.84. The zero-order chi connectivity index (χ0) is 22.8. The quantitative estimate of drug-likeness (QED) is 0.292. The highest BCUT2D eigenvalue weighted by molar-refractivity contribution is 7.98. The van der Waals surface area contributed by atoms with Gasteiger partial charge in [-0.05, 0) is 37.3 Å². The number of thiazole rings is 1. The highest BCUT2D eigenvalue weighted by atomic mass is 35.5. The summed E-state index contributed by atoms with van der Waals surface area (Å²) in [5.41, 5.74) is 3.12. The molecule has 0 atom stereocenters. The number of fused-ring (bicyclic) bond motifs is 1. The molecule has 0 radical (unpaired) electrons. The molecule has 0 aliphatic rings. The fourth-order valence-corrected chi connectivity index (χ4v) is 5.04. The molecular formula is C23H21ClN4O2S2. The molecule has 0 fully saturated rings. The minimum absolute atomic E-state index is 0.0137. The number of benzene rings is 2. The molecule has 2 aromatic carbocycles. The number of carbonyl (C=O) groups is 1. The first-order chi connectivity index (χ1) is 15.3. The Balaban J connectivity index is 1.69. The van der Waals surface area contributed by atoms with E-state index < -0.39 is 0 Å². The van der Waals surface area contributed by atoms with E-state index in [4.69, 9.17) is 16.6 Å². The number of halogens is 1. The van der Waals surface area contributed by atoms with Crippen molar-refractivity contribution in [3.63, 3.8) is 0 Å². The van der Waals surface area contributed by atoms with E-state index >= 15 is 0 Å². The highest BCUT2D eigenvalue weighted by Gasteiger charge is 2.15. The fraction of sp³-hybridized carbons (Fsp3) is 0.217. The first-order valence-electron chi connectivity index (χ1n) is 9.87. The Morgan fingerprint density at radius 2 is 1.91 bits per heavy atom. The van der Waals surface area contributed by atoms with E-state index in [2.05, 4.69) is 4.98 Å². The number of nitrogens with zero attached hydrogens (tertiary/aromatic N) is 4. The number of thioether (sulfide) groups is 1. The van der Waals surface area contributed by atoms with Crippen LogP contribution in [0.4, 0.5) is 0 Å². The lowest BCUT2D eigenvalue weighted by molar-refractivity contribution is -0.127. The lowest BCUT2D eigenvalue weighted by Gasteiger charge is -2.13. The van der Waals surface area contributed by atoms with Crippen LogP contribution in [0.1, 0.15) is 16.3 Å². The maximum atomic E-state index is 13.4. The zero-order valence-corrected chi connectivity index (χ0v) is 20.2. The standard InChI is InChI=1S/C23H21ClN4O2S2/c1-14-4-7-17(8-5-14)28-22(30)18-9-6-15(24)10-19(18)26-23(28)32-13-16-12-31-20(25-16)11-21(29)27(2)3/h4-10,12H,11,13H2,1-3H3. The van der Waals surface area contributed by atoms with E-state index in [0.717, 1.165) is 22.0 Å². The minimum atomic E-state index is -0.145. The Morgan fingerprint density at radius 3 is 2.62 bits per heavy atom. The number of carbonyl (C=O) groups excluding carboxylic acids is 1. The summed E-state index contributed by atoms with van der Waals surface area (Å²) < 4.78 is 1.63. The van der Waals surface area contributed by atoms with Crippen LogP contribution >= 0.6 is 34.7 Å². The van der Waals surface area contributed by atoms with Crippen LogP contribution in [0.2, 0.25) is 5.02 Å². The van der Waals surface area contributed by atoms with Crippen LogP contribution in [0.3, 0.4) is 0 Å². The topological polar surface area (TPSA) is 68.1 Å². The van der Waals surface area contributed by atoms with Crippen molar-refractivity contribution in [2.75, 3.05) is 14.1 Å². The van der Waals surface area contributed by atoms with Crippen LogP contribution in [-0.2, 0) is 17.0 Å². The second-order valence-electron chi connectivity index (χ2n) is 7.52. The Kier molecular flexibility index (Phi) is 6.64. The van der Waals surface area contributed by atoms with E-state index in [0.29, 0.717) is 26.8 Å². The van der Waals surface area contributed by atoms with Crippen molar-refractivity contribution in [1.29, 1.82) is 0 Å². The van der Waals surface area contributed by atoms with Gasteiger partial charge in [-0.15, -0.1) is 11.3 Å². The largest absolute Gasteiger partial charge is 0.348 e. The molecule has 6 nitrogen and oxygen atoms in total. The maximum Gasteiger partial charge on any atom is 0.266 e. The minimum Gasteiger partial charge on any atom is -0.348 e. The SMILES string of the molecule is Cc1ccc(-n2c(SCc3csc(CC(=O)N(C)C)n3)nc3cc(Cl)ccc3c2=O)cc1. The molecule has 32 heavy (non-hydrogen) atoms. The Morgan fingerprint density at radius 1 is 1.16 bits per heavy atom. The van der Waals surface area contributed by atoms with Crippen molar-refractivity contribution in [3.05, 3.63) is 79.5 Å². The Bertz CT molecular complexity index is 1350. The predicted octanol–water partition coefficient (Wildman–Crippen LogP) is 4.73. The van der Waals surface area contributed by atoms with E-state index in [1.54, 1.807) is 41.8 Å². The van der Waals surface area contributed by atoms with Gasteiger partial charge in [0.05, 0.1) is 28.7 Å². The second kappa shape index (κ2) is 9.44. The number of rotatable bonds is 6. The van der Waals surface area contributed by atoms with Crippen molar-refractivity contribution in [2.45, 2.75) is 24.3 Å². The van der Waals surface area contributed by atoms with E-state index in [-0.39, 0.29) is 17.9 Å². The van der Waals surface area contributed by atoms with E-state index in [1.807, 2.05) is 36.6 Å². The molecular weight excluding hydrogens is 464 g/mol. The Labute approximate surface area is 198 Å². The van der Waals surface area contributed by atoms with Gasteiger partial charge in [-0.1, -0.05) is 41.1 Å². The smallest absolute Gasteiger partial charge is 0.266 e. The summed E-state index contributed by atoms with van der Waals surface area (Å²) in [5.74, 6) is 0.539. The fourth-order valence-electron chi connectivity index (χ4n) is 3.08. The molecule has 0 bridgehead atoms. The molecule has 0 spiro atoms. The normalized spacial score (nSPS) is 11.1. The molecule has 0 saturated carbocycles.